The van der Waals surface area contributed by atoms with Crippen molar-refractivity contribution in [2.24, 2.45) is 0 Å². The molecule has 3 nitrogen and oxygen atoms in total. The highest BCUT2D eigenvalue weighted by molar-refractivity contribution is 5.78. The molecular weight excluding hydrogens is 498 g/mol. The van der Waals surface area contributed by atoms with Gasteiger partial charge in [0.2, 0.25) is 0 Å². The highest BCUT2D eigenvalue weighted by Gasteiger charge is 2.13. The van der Waals surface area contributed by atoms with Crippen molar-refractivity contribution in [2.45, 2.75) is 6.92 Å². The Morgan fingerprint density at radius 1 is 0.537 bits per heavy atom. The number of aromatic nitrogens is 3. The summed E-state index contributed by atoms with van der Waals surface area (Å²) in [4.78, 5) is 14.6. The molecule has 0 saturated heterocycles. The van der Waals surface area contributed by atoms with Gasteiger partial charge in [-0.3, -0.25) is 0 Å². The van der Waals surface area contributed by atoms with Crippen LogP contribution in [-0.2, 0) is 0 Å². The van der Waals surface area contributed by atoms with Gasteiger partial charge < -0.3 is 0 Å². The van der Waals surface area contributed by atoms with Crippen LogP contribution in [0.4, 0.5) is 0 Å². The summed E-state index contributed by atoms with van der Waals surface area (Å²) in [6.45, 7) is 21.5. The first-order valence-electron chi connectivity index (χ1n) is 13.3. The normalized spacial score (nSPS) is 11.7. The molecule has 0 bridgehead atoms. The first-order valence-corrected chi connectivity index (χ1v) is 13.3. The zero-order chi connectivity index (χ0) is 29.2. The molecule has 0 amide bonds. The summed E-state index contributed by atoms with van der Waals surface area (Å²) in [5, 5.41) is 0. The lowest BCUT2D eigenvalue weighted by Gasteiger charge is -2.10. The van der Waals surface area contributed by atoms with Gasteiger partial charge in [-0.05, 0) is 40.3 Å². The molecule has 0 saturated carbocycles. The average Bonchev–Trinajstić information content (AvgIpc) is 3.03. The van der Waals surface area contributed by atoms with Crippen molar-refractivity contribution >= 4 is 16.7 Å². The largest absolute Gasteiger partial charge is 0.208 e. The second-order valence-corrected chi connectivity index (χ2v) is 9.16. The highest BCUT2D eigenvalue weighted by atomic mass is 15.0. The van der Waals surface area contributed by atoms with Crippen molar-refractivity contribution in [1.82, 2.24) is 15.0 Å². The van der Waals surface area contributed by atoms with E-state index in [4.69, 9.17) is 15.0 Å². The fourth-order valence-corrected chi connectivity index (χ4v) is 4.26. The van der Waals surface area contributed by atoms with Gasteiger partial charge in [0.1, 0.15) is 0 Å². The lowest BCUT2D eigenvalue weighted by molar-refractivity contribution is 1.07. The molecule has 0 atom stereocenters. The molecule has 0 aliphatic carbocycles. The summed E-state index contributed by atoms with van der Waals surface area (Å²) in [5.41, 5.74) is 8.75. The predicted molar refractivity (Wildman–Crippen MR) is 177 cm³/mol. The maximum atomic E-state index is 4.89. The molecule has 0 spiro atoms. The van der Waals surface area contributed by atoms with E-state index < -0.39 is 0 Å². The van der Waals surface area contributed by atoms with Gasteiger partial charge in [0.15, 0.2) is 17.5 Å². The van der Waals surface area contributed by atoms with Crippen LogP contribution in [0.25, 0.3) is 50.9 Å². The van der Waals surface area contributed by atoms with E-state index in [9.17, 15) is 0 Å². The van der Waals surface area contributed by atoms with Crippen LogP contribution in [0.2, 0.25) is 0 Å². The van der Waals surface area contributed by atoms with Crippen LogP contribution in [0, 0.1) is 0 Å². The molecule has 0 unspecified atom stereocenters. The first-order chi connectivity index (χ1) is 20.0. The van der Waals surface area contributed by atoms with Gasteiger partial charge in [0.25, 0.3) is 0 Å². The standard InChI is InChI=1S/C38H33N3/c1-7-12-13-14-29(11-5)32-19-25-35(26-20-32)38-40-36(33-21-15-30(16-22-33)27(6)8-2)39-37(41-38)34-23-17-31(18-24-34)28(9-3)10-4/h7-26H,1-3,5-6H2,4H3/b13-12-,28-10+,29-14+. The minimum absolute atomic E-state index is 0.593. The molecule has 0 N–H and O–H groups in total. The molecule has 0 aliphatic heterocycles. The Kier molecular flexibility index (Phi) is 9.48. The minimum Gasteiger partial charge on any atom is -0.208 e. The summed E-state index contributed by atoms with van der Waals surface area (Å²) in [7, 11) is 0. The molecule has 0 radical (unpaired) electrons. The number of hydrogen-bond donors (Lipinski definition) is 0. The molecule has 3 heteroatoms. The van der Waals surface area contributed by atoms with Gasteiger partial charge >= 0.3 is 0 Å². The second-order valence-electron chi connectivity index (χ2n) is 9.16. The average molecular weight is 532 g/mol. The fourth-order valence-electron chi connectivity index (χ4n) is 4.26. The van der Waals surface area contributed by atoms with E-state index in [0.29, 0.717) is 17.5 Å². The SMILES string of the molecule is C=C/C=C\C=C(/C=C)c1ccc(-c2nc(-c3ccc(C(=C)C=C)cc3)nc(-c3ccc(/C(C=C)=C/C)cc3)n2)cc1. The summed E-state index contributed by atoms with van der Waals surface area (Å²) in [5.74, 6) is 1.79. The quantitative estimate of drug-likeness (QED) is 0.181. The van der Waals surface area contributed by atoms with Gasteiger partial charge in [-0.15, -0.1) is 0 Å². The van der Waals surface area contributed by atoms with E-state index in [1.807, 2.05) is 104 Å². The van der Waals surface area contributed by atoms with E-state index in [0.717, 1.165) is 50.1 Å². The Bertz CT molecular complexity index is 1680. The monoisotopic (exact) mass is 531 g/mol. The lowest BCUT2D eigenvalue weighted by atomic mass is 10.0. The minimum atomic E-state index is 0.593. The van der Waals surface area contributed by atoms with Crippen molar-refractivity contribution in [2.75, 3.05) is 0 Å². The molecule has 1 aromatic heterocycles. The Labute approximate surface area is 243 Å². The molecule has 0 fully saturated rings. The summed E-state index contributed by atoms with van der Waals surface area (Å²) in [6.07, 6.45) is 15.0. The Balaban J connectivity index is 1.80. The Morgan fingerprint density at radius 2 is 0.951 bits per heavy atom. The number of allylic oxidation sites excluding steroid dienone is 11. The van der Waals surface area contributed by atoms with E-state index >= 15 is 0 Å². The summed E-state index contributed by atoms with van der Waals surface area (Å²) >= 11 is 0. The van der Waals surface area contributed by atoms with Crippen LogP contribution in [0.15, 0.2) is 154 Å². The van der Waals surface area contributed by atoms with Crippen molar-refractivity contribution in [3.05, 3.63) is 171 Å². The van der Waals surface area contributed by atoms with Crippen molar-refractivity contribution in [3.8, 4) is 34.2 Å². The third kappa shape index (κ3) is 6.78. The van der Waals surface area contributed by atoms with E-state index in [1.165, 1.54) is 0 Å². The molecule has 200 valence electrons. The van der Waals surface area contributed by atoms with E-state index in [2.05, 4.69) is 45.0 Å². The number of rotatable bonds is 11. The van der Waals surface area contributed by atoms with Crippen LogP contribution in [0.5, 0.6) is 0 Å². The number of benzene rings is 3. The lowest BCUT2D eigenvalue weighted by Crippen LogP contribution is -2.00. The van der Waals surface area contributed by atoms with Crippen LogP contribution >= 0.6 is 0 Å². The van der Waals surface area contributed by atoms with E-state index in [1.54, 1.807) is 12.2 Å². The Hall–Kier alpha value is -5.41. The topological polar surface area (TPSA) is 38.7 Å². The first kappa shape index (κ1) is 28.6. The van der Waals surface area contributed by atoms with Crippen LogP contribution < -0.4 is 0 Å². The van der Waals surface area contributed by atoms with Crippen molar-refractivity contribution in [3.63, 3.8) is 0 Å². The maximum Gasteiger partial charge on any atom is 0.164 e. The molecule has 1 heterocycles. The van der Waals surface area contributed by atoms with Gasteiger partial charge in [0, 0.05) is 16.7 Å². The number of nitrogens with zero attached hydrogens (tertiary/aromatic N) is 3. The molecule has 3 aromatic carbocycles. The summed E-state index contributed by atoms with van der Waals surface area (Å²) < 4.78 is 0. The van der Waals surface area contributed by atoms with Crippen LogP contribution in [0.3, 0.4) is 0 Å². The van der Waals surface area contributed by atoms with Gasteiger partial charge in [0.05, 0.1) is 0 Å². The molecule has 0 aliphatic rings. The van der Waals surface area contributed by atoms with Gasteiger partial charge in [-0.25, -0.2) is 15.0 Å². The summed E-state index contributed by atoms with van der Waals surface area (Å²) in [6, 6.07) is 24.3. The third-order valence-electron chi connectivity index (χ3n) is 6.62. The Morgan fingerprint density at radius 3 is 1.32 bits per heavy atom. The van der Waals surface area contributed by atoms with Crippen LogP contribution in [-0.4, -0.2) is 15.0 Å². The zero-order valence-corrected chi connectivity index (χ0v) is 23.4. The molecule has 4 rings (SSSR count). The predicted octanol–water partition coefficient (Wildman–Crippen LogP) is 9.97. The fraction of sp³-hybridized carbons (Fsp3) is 0.0263. The van der Waals surface area contributed by atoms with Crippen molar-refractivity contribution < 1.29 is 0 Å². The van der Waals surface area contributed by atoms with E-state index in [-0.39, 0.29) is 0 Å². The van der Waals surface area contributed by atoms with Gasteiger partial charge in [-0.2, -0.15) is 0 Å². The maximum absolute atomic E-state index is 4.89. The third-order valence-corrected chi connectivity index (χ3v) is 6.62. The molecular formula is C38H33N3. The molecule has 4 aromatic rings. The zero-order valence-electron chi connectivity index (χ0n) is 23.4. The smallest absolute Gasteiger partial charge is 0.164 e. The second kappa shape index (κ2) is 13.6. The number of hydrogen-bond acceptors (Lipinski definition) is 3. The van der Waals surface area contributed by atoms with Gasteiger partial charge in [-0.1, -0.05) is 154 Å². The van der Waals surface area contributed by atoms with Crippen LogP contribution in [0.1, 0.15) is 23.6 Å². The highest BCUT2D eigenvalue weighted by Crippen LogP contribution is 2.28. The molecule has 41 heavy (non-hydrogen) atoms. The van der Waals surface area contributed by atoms with Crippen molar-refractivity contribution in [1.29, 1.82) is 0 Å².